The van der Waals surface area contributed by atoms with Crippen LogP contribution < -0.4 is 5.73 Å². The van der Waals surface area contributed by atoms with Crippen molar-refractivity contribution in [2.75, 3.05) is 6.54 Å². The van der Waals surface area contributed by atoms with Gasteiger partial charge in [-0.3, -0.25) is 0 Å². The molecule has 0 saturated heterocycles. The summed E-state index contributed by atoms with van der Waals surface area (Å²) in [6.45, 7) is 2.58. The molecule has 1 heterocycles. The Balaban J connectivity index is 2.63. The number of rotatable bonds is 3. The second-order valence-corrected chi connectivity index (χ2v) is 2.54. The van der Waals surface area contributed by atoms with E-state index in [1.54, 1.807) is 6.26 Å². The van der Waals surface area contributed by atoms with E-state index in [0.29, 0.717) is 6.54 Å². The SMILES string of the molecule is CC(=C/c1ccco1)/C=C/CN. The Morgan fingerprint density at radius 1 is 1.67 bits per heavy atom. The van der Waals surface area contributed by atoms with Crippen LogP contribution >= 0.6 is 0 Å². The van der Waals surface area contributed by atoms with Gasteiger partial charge >= 0.3 is 0 Å². The first-order valence-electron chi connectivity index (χ1n) is 3.91. The molecule has 2 nitrogen and oxygen atoms in total. The molecule has 0 saturated carbocycles. The number of hydrogen-bond donors (Lipinski definition) is 1. The first-order chi connectivity index (χ1) is 5.83. The van der Waals surface area contributed by atoms with Gasteiger partial charge in [0, 0.05) is 6.54 Å². The van der Waals surface area contributed by atoms with E-state index in [1.807, 2.05) is 37.3 Å². The highest BCUT2D eigenvalue weighted by atomic mass is 16.3. The Labute approximate surface area is 72.4 Å². The Bertz CT molecular complexity index is 270. The number of hydrogen-bond acceptors (Lipinski definition) is 2. The highest BCUT2D eigenvalue weighted by Gasteiger charge is 1.88. The minimum Gasteiger partial charge on any atom is -0.465 e. The van der Waals surface area contributed by atoms with Gasteiger partial charge in [0.25, 0.3) is 0 Å². The lowest BCUT2D eigenvalue weighted by Crippen LogP contribution is -1.92. The third-order valence-electron chi connectivity index (χ3n) is 1.43. The third kappa shape index (κ3) is 2.76. The van der Waals surface area contributed by atoms with Crippen molar-refractivity contribution in [3.05, 3.63) is 41.9 Å². The Morgan fingerprint density at radius 3 is 3.08 bits per heavy atom. The van der Waals surface area contributed by atoms with E-state index in [4.69, 9.17) is 10.2 Å². The van der Waals surface area contributed by atoms with Gasteiger partial charge in [0.2, 0.25) is 0 Å². The molecule has 0 radical (unpaired) electrons. The minimum atomic E-state index is 0.573. The van der Waals surface area contributed by atoms with Crippen molar-refractivity contribution in [2.45, 2.75) is 6.92 Å². The molecule has 0 unspecified atom stereocenters. The molecule has 1 rings (SSSR count). The molecule has 0 atom stereocenters. The fraction of sp³-hybridized carbons (Fsp3) is 0.200. The molecule has 2 heteroatoms. The Hall–Kier alpha value is -1.28. The second kappa shape index (κ2) is 4.57. The van der Waals surface area contributed by atoms with Gasteiger partial charge in [-0.25, -0.2) is 0 Å². The average Bonchev–Trinajstić information content (AvgIpc) is 2.53. The van der Waals surface area contributed by atoms with Crippen LogP contribution in [0.15, 0.2) is 40.5 Å². The van der Waals surface area contributed by atoms with Gasteiger partial charge in [-0.15, -0.1) is 0 Å². The fourth-order valence-corrected chi connectivity index (χ4v) is 0.900. The zero-order valence-electron chi connectivity index (χ0n) is 7.16. The van der Waals surface area contributed by atoms with Gasteiger partial charge in [0.1, 0.15) is 5.76 Å². The lowest BCUT2D eigenvalue weighted by Gasteiger charge is -1.89. The van der Waals surface area contributed by atoms with E-state index < -0.39 is 0 Å². The molecule has 0 fully saturated rings. The van der Waals surface area contributed by atoms with E-state index in [-0.39, 0.29) is 0 Å². The van der Waals surface area contributed by atoms with E-state index in [0.717, 1.165) is 11.3 Å². The molecule has 0 bridgehead atoms. The van der Waals surface area contributed by atoms with Crippen molar-refractivity contribution in [2.24, 2.45) is 5.73 Å². The zero-order chi connectivity index (χ0) is 8.81. The molecule has 0 aliphatic heterocycles. The van der Waals surface area contributed by atoms with E-state index in [1.165, 1.54) is 0 Å². The lowest BCUT2D eigenvalue weighted by molar-refractivity contribution is 0.556. The highest BCUT2D eigenvalue weighted by Crippen LogP contribution is 2.07. The molecular weight excluding hydrogens is 150 g/mol. The van der Waals surface area contributed by atoms with Crippen LogP contribution in [0.3, 0.4) is 0 Å². The zero-order valence-corrected chi connectivity index (χ0v) is 7.16. The van der Waals surface area contributed by atoms with Crippen molar-refractivity contribution in [1.82, 2.24) is 0 Å². The highest BCUT2D eigenvalue weighted by molar-refractivity contribution is 5.50. The van der Waals surface area contributed by atoms with Gasteiger partial charge in [-0.2, -0.15) is 0 Å². The van der Waals surface area contributed by atoms with Crippen LogP contribution in [0.2, 0.25) is 0 Å². The van der Waals surface area contributed by atoms with Gasteiger partial charge < -0.3 is 10.2 Å². The van der Waals surface area contributed by atoms with Gasteiger partial charge in [0.15, 0.2) is 0 Å². The molecule has 12 heavy (non-hydrogen) atoms. The Kier molecular flexibility index (Phi) is 3.35. The molecule has 2 N–H and O–H groups in total. The predicted molar refractivity (Wildman–Crippen MR) is 50.6 cm³/mol. The van der Waals surface area contributed by atoms with E-state index in [2.05, 4.69) is 0 Å². The lowest BCUT2D eigenvalue weighted by atomic mass is 10.2. The molecule has 1 aromatic heterocycles. The van der Waals surface area contributed by atoms with E-state index >= 15 is 0 Å². The van der Waals surface area contributed by atoms with Crippen LogP contribution in [0, 0.1) is 0 Å². The van der Waals surface area contributed by atoms with Gasteiger partial charge in [-0.1, -0.05) is 12.2 Å². The van der Waals surface area contributed by atoms with Gasteiger partial charge in [-0.05, 0) is 30.7 Å². The molecule has 0 spiro atoms. The smallest absolute Gasteiger partial charge is 0.126 e. The monoisotopic (exact) mass is 163 g/mol. The van der Waals surface area contributed by atoms with Crippen molar-refractivity contribution < 1.29 is 4.42 Å². The molecule has 0 aliphatic rings. The molecule has 1 aromatic rings. The summed E-state index contributed by atoms with van der Waals surface area (Å²) in [4.78, 5) is 0. The van der Waals surface area contributed by atoms with Crippen LogP contribution in [-0.2, 0) is 0 Å². The maximum absolute atomic E-state index is 5.31. The molecule has 64 valence electrons. The number of allylic oxidation sites excluding steroid dienone is 2. The van der Waals surface area contributed by atoms with Crippen molar-refractivity contribution in [3.8, 4) is 0 Å². The number of nitrogens with two attached hydrogens (primary N) is 1. The summed E-state index contributed by atoms with van der Waals surface area (Å²) in [7, 11) is 0. The Morgan fingerprint density at radius 2 is 2.50 bits per heavy atom. The molecule has 0 aromatic carbocycles. The normalized spacial score (nSPS) is 12.7. The summed E-state index contributed by atoms with van der Waals surface area (Å²) < 4.78 is 5.14. The summed E-state index contributed by atoms with van der Waals surface area (Å²) in [5.41, 5.74) is 6.45. The van der Waals surface area contributed by atoms with E-state index in [9.17, 15) is 0 Å². The summed E-state index contributed by atoms with van der Waals surface area (Å²) in [6, 6.07) is 3.78. The summed E-state index contributed by atoms with van der Waals surface area (Å²) >= 11 is 0. The molecule has 0 aliphatic carbocycles. The van der Waals surface area contributed by atoms with Crippen molar-refractivity contribution >= 4 is 6.08 Å². The standard InChI is InChI=1S/C10H13NO/c1-9(4-2-6-11)8-10-5-3-7-12-10/h2-5,7-8H,6,11H2,1H3/b4-2+,9-8-. The molecule has 0 amide bonds. The summed E-state index contributed by atoms with van der Waals surface area (Å²) in [5, 5.41) is 0. The van der Waals surface area contributed by atoms with Crippen LogP contribution in [0.5, 0.6) is 0 Å². The maximum Gasteiger partial charge on any atom is 0.126 e. The minimum absolute atomic E-state index is 0.573. The third-order valence-corrected chi connectivity index (χ3v) is 1.43. The summed E-state index contributed by atoms with van der Waals surface area (Å²) in [6.07, 6.45) is 7.51. The van der Waals surface area contributed by atoms with Crippen LogP contribution in [0.4, 0.5) is 0 Å². The first kappa shape index (κ1) is 8.81. The first-order valence-corrected chi connectivity index (χ1v) is 3.91. The van der Waals surface area contributed by atoms with Crippen molar-refractivity contribution in [3.63, 3.8) is 0 Å². The fourth-order valence-electron chi connectivity index (χ4n) is 0.900. The second-order valence-electron chi connectivity index (χ2n) is 2.54. The van der Waals surface area contributed by atoms with Crippen LogP contribution in [0.1, 0.15) is 12.7 Å². The van der Waals surface area contributed by atoms with Crippen LogP contribution in [0.25, 0.3) is 6.08 Å². The predicted octanol–water partition coefficient (Wildman–Crippen LogP) is 2.20. The molecular formula is C10H13NO. The maximum atomic E-state index is 5.31. The number of furan rings is 1. The van der Waals surface area contributed by atoms with Crippen molar-refractivity contribution in [1.29, 1.82) is 0 Å². The quantitative estimate of drug-likeness (QED) is 0.694. The van der Waals surface area contributed by atoms with Crippen LogP contribution in [-0.4, -0.2) is 6.54 Å². The average molecular weight is 163 g/mol. The topological polar surface area (TPSA) is 39.2 Å². The summed E-state index contributed by atoms with van der Waals surface area (Å²) in [5.74, 6) is 0.870. The van der Waals surface area contributed by atoms with Gasteiger partial charge in [0.05, 0.1) is 6.26 Å². The largest absolute Gasteiger partial charge is 0.465 e.